The molecule has 7 nitrogen and oxygen atoms in total. The maximum Gasteiger partial charge on any atom is 0.155 e. The van der Waals surface area contributed by atoms with Gasteiger partial charge in [0, 0.05) is 37.9 Å². The Labute approximate surface area is 219 Å². The van der Waals surface area contributed by atoms with Crippen LogP contribution in [-0.4, -0.2) is 66.6 Å². The molecule has 0 bridgehead atoms. The molecule has 2 aromatic carbocycles. The van der Waals surface area contributed by atoms with Crippen molar-refractivity contribution in [1.29, 1.82) is 0 Å². The molecule has 0 radical (unpaired) electrons. The highest BCUT2D eigenvalue weighted by atomic mass is 15.3. The number of benzene rings is 2. The largest absolute Gasteiger partial charge is 0.311 e. The molecule has 7 heteroatoms. The first kappa shape index (κ1) is 24.1. The molecule has 6 rings (SSSR count). The minimum Gasteiger partial charge on any atom is -0.311 e. The van der Waals surface area contributed by atoms with E-state index in [9.17, 15) is 0 Å². The summed E-state index contributed by atoms with van der Waals surface area (Å²) in [6.07, 6.45) is 6.01. The van der Waals surface area contributed by atoms with Crippen molar-refractivity contribution in [3.8, 4) is 0 Å². The predicted molar refractivity (Wildman–Crippen MR) is 145 cm³/mol. The molecular formula is C30H37N7. The van der Waals surface area contributed by atoms with Crippen LogP contribution in [0.2, 0.25) is 0 Å². The topological polar surface area (TPSA) is 55.0 Å². The molecule has 192 valence electrons. The molecule has 2 fully saturated rings. The van der Waals surface area contributed by atoms with Gasteiger partial charge in [-0.3, -0.25) is 14.5 Å². The minimum absolute atomic E-state index is 0.0810. The van der Waals surface area contributed by atoms with Crippen molar-refractivity contribution in [2.24, 2.45) is 0 Å². The Morgan fingerprint density at radius 2 is 1.59 bits per heavy atom. The van der Waals surface area contributed by atoms with E-state index in [2.05, 4.69) is 96.8 Å². The van der Waals surface area contributed by atoms with Crippen molar-refractivity contribution >= 4 is 0 Å². The number of aryl methyl sites for hydroxylation is 2. The van der Waals surface area contributed by atoms with Crippen molar-refractivity contribution in [3.05, 3.63) is 101 Å². The van der Waals surface area contributed by atoms with Crippen molar-refractivity contribution < 1.29 is 0 Å². The Hall–Kier alpha value is -3.29. The summed E-state index contributed by atoms with van der Waals surface area (Å²) < 4.78 is 4.31. The molecule has 1 aliphatic carbocycles. The number of aromatic nitrogens is 5. The lowest BCUT2D eigenvalue weighted by atomic mass is 9.91. The second-order valence-corrected chi connectivity index (χ2v) is 10.7. The SMILES string of the molecule is Cc1cc(C)n(Cc2ccc(C(c3nncn3Cc3ccccc3)N3CCN(C4CCC4)CC3)cc2)n1. The van der Waals surface area contributed by atoms with Gasteiger partial charge in [0.1, 0.15) is 6.33 Å². The lowest BCUT2D eigenvalue weighted by molar-refractivity contribution is 0.0476. The zero-order valence-electron chi connectivity index (χ0n) is 22.0. The van der Waals surface area contributed by atoms with Crippen LogP contribution in [0.4, 0.5) is 0 Å². The van der Waals surface area contributed by atoms with Crippen LogP contribution in [0.15, 0.2) is 67.0 Å². The molecule has 0 amide bonds. The Balaban J connectivity index is 1.27. The van der Waals surface area contributed by atoms with Gasteiger partial charge in [-0.1, -0.05) is 61.0 Å². The number of nitrogens with zero attached hydrogens (tertiary/aromatic N) is 7. The monoisotopic (exact) mass is 495 g/mol. The second kappa shape index (κ2) is 10.6. The third-order valence-electron chi connectivity index (χ3n) is 8.12. The smallest absolute Gasteiger partial charge is 0.155 e. The zero-order valence-corrected chi connectivity index (χ0v) is 22.0. The van der Waals surface area contributed by atoms with Gasteiger partial charge in [0.05, 0.1) is 24.8 Å². The maximum atomic E-state index is 4.69. The predicted octanol–water partition coefficient (Wildman–Crippen LogP) is 4.45. The van der Waals surface area contributed by atoms with E-state index in [4.69, 9.17) is 5.10 Å². The first-order chi connectivity index (χ1) is 18.1. The van der Waals surface area contributed by atoms with E-state index in [-0.39, 0.29) is 6.04 Å². The van der Waals surface area contributed by atoms with Gasteiger partial charge in [0.2, 0.25) is 0 Å². The van der Waals surface area contributed by atoms with Crippen molar-refractivity contribution in [3.63, 3.8) is 0 Å². The van der Waals surface area contributed by atoms with Gasteiger partial charge in [0.25, 0.3) is 0 Å². The summed E-state index contributed by atoms with van der Waals surface area (Å²) in [5, 5.41) is 13.7. The van der Waals surface area contributed by atoms with Gasteiger partial charge in [-0.05, 0) is 49.4 Å². The Bertz CT molecular complexity index is 1300. The summed E-state index contributed by atoms with van der Waals surface area (Å²) in [5.74, 6) is 1.02. The van der Waals surface area contributed by atoms with E-state index < -0.39 is 0 Å². The second-order valence-electron chi connectivity index (χ2n) is 10.7. The van der Waals surface area contributed by atoms with Gasteiger partial charge < -0.3 is 4.57 Å². The molecule has 3 heterocycles. The molecule has 2 aromatic heterocycles. The van der Waals surface area contributed by atoms with E-state index in [1.807, 2.05) is 13.3 Å². The fourth-order valence-corrected chi connectivity index (χ4v) is 5.83. The Morgan fingerprint density at radius 3 is 2.24 bits per heavy atom. The van der Waals surface area contributed by atoms with Crippen LogP contribution in [0.3, 0.4) is 0 Å². The third-order valence-corrected chi connectivity index (χ3v) is 8.12. The van der Waals surface area contributed by atoms with E-state index in [1.165, 1.54) is 41.6 Å². The van der Waals surface area contributed by atoms with Crippen LogP contribution in [0.25, 0.3) is 0 Å². The standard InChI is InChI=1S/C30H37N7/c1-23-19-24(2)37(33-23)21-26-11-13-27(14-12-26)29(35-17-15-34(16-18-35)28-9-6-10-28)30-32-31-22-36(30)20-25-7-4-3-5-8-25/h3-5,7-8,11-14,19,22,28-29H,6,9-10,15-18,20-21H2,1-2H3. The first-order valence-electron chi connectivity index (χ1n) is 13.6. The van der Waals surface area contributed by atoms with E-state index in [0.29, 0.717) is 0 Å². The Morgan fingerprint density at radius 1 is 0.865 bits per heavy atom. The molecule has 1 atom stereocenters. The van der Waals surface area contributed by atoms with Gasteiger partial charge >= 0.3 is 0 Å². The molecule has 37 heavy (non-hydrogen) atoms. The first-order valence-corrected chi connectivity index (χ1v) is 13.6. The van der Waals surface area contributed by atoms with E-state index >= 15 is 0 Å². The highest BCUT2D eigenvalue weighted by Gasteiger charge is 2.33. The molecule has 4 aromatic rings. The van der Waals surface area contributed by atoms with Crippen LogP contribution in [0.1, 0.15) is 59.2 Å². The van der Waals surface area contributed by atoms with Crippen LogP contribution in [0.5, 0.6) is 0 Å². The molecule has 1 saturated carbocycles. The summed E-state index contributed by atoms with van der Waals surface area (Å²) in [6.45, 7) is 10.1. The minimum atomic E-state index is 0.0810. The zero-order chi connectivity index (χ0) is 25.2. The molecule has 0 N–H and O–H groups in total. The van der Waals surface area contributed by atoms with E-state index in [0.717, 1.165) is 56.8 Å². The summed E-state index contributed by atoms with van der Waals surface area (Å²) in [7, 11) is 0. The van der Waals surface area contributed by atoms with Crippen LogP contribution >= 0.6 is 0 Å². The number of piperazine rings is 1. The Kier molecular flexibility index (Phi) is 6.89. The lowest BCUT2D eigenvalue weighted by Crippen LogP contribution is -2.53. The molecule has 1 unspecified atom stereocenters. The average molecular weight is 496 g/mol. The van der Waals surface area contributed by atoms with Gasteiger partial charge in [-0.2, -0.15) is 5.10 Å². The van der Waals surface area contributed by atoms with Crippen LogP contribution in [-0.2, 0) is 13.1 Å². The number of hydrogen-bond acceptors (Lipinski definition) is 5. The number of hydrogen-bond donors (Lipinski definition) is 0. The number of rotatable bonds is 8. The average Bonchev–Trinajstić information content (AvgIpc) is 3.46. The normalized spacial score (nSPS) is 18.1. The molecule has 2 aliphatic rings. The van der Waals surface area contributed by atoms with Gasteiger partial charge in [-0.15, -0.1) is 10.2 Å². The van der Waals surface area contributed by atoms with Crippen LogP contribution < -0.4 is 0 Å². The summed E-state index contributed by atoms with van der Waals surface area (Å²) in [5.41, 5.74) is 6.05. The maximum absolute atomic E-state index is 4.69. The summed E-state index contributed by atoms with van der Waals surface area (Å²) in [4.78, 5) is 5.31. The third kappa shape index (κ3) is 5.24. The quantitative estimate of drug-likeness (QED) is 0.362. The van der Waals surface area contributed by atoms with Crippen molar-refractivity contribution in [2.45, 2.75) is 58.3 Å². The van der Waals surface area contributed by atoms with Crippen LogP contribution in [0, 0.1) is 13.8 Å². The van der Waals surface area contributed by atoms with Crippen molar-refractivity contribution in [1.82, 2.24) is 34.3 Å². The highest BCUT2D eigenvalue weighted by Crippen LogP contribution is 2.31. The fourth-order valence-electron chi connectivity index (χ4n) is 5.83. The molecular weight excluding hydrogens is 458 g/mol. The fraction of sp³-hybridized carbons (Fsp3) is 0.433. The van der Waals surface area contributed by atoms with Gasteiger partial charge in [-0.25, -0.2) is 0 Å². The summed E-state index contributed by atoms with van der Waals surface area (Å²) >= 11 is 0. The lowest BCUT2D eigenvalue weighted by Gasteiger charge is -2.44. The summed E-state index contributed by atoms with van der Waals surface area (Å²) in [6, 6.07) is 22.7. The van der Waals surface area contributed by atoms with Gasteiger partial charge in [0.15, 0.2) is 5.82 Å². The molecule has 1 aliphatic heterocycles. The molecule has 0 spiro atoms. The highest BCUT2D eigenvalue weighted by molar-refractivity contribution is 5.30. The van der Waals surface area contributed by atoms with Crippen molar-refractivity contribution in [2.75, 3.05) is 26.2 Å². The van der Waals surface area contributed by atoms with E-state index in [1.54, 1.807) is 0 Å². The molecule has 1 saturated heterocycles.